The zero-order valence-electron chi connectivity index (χ0n) is 8.75. The third-order valence-corrected chi connectivity index (χ3v) is 2.32. The number of nitrogen functional groups attached to an aromatic ring is 1. The molecule has 0 unspecified atom stereocenters. The first-order valence-corrected chi connectivity index (χ1v) is 5.00. The maximum Gasteiger partial charge on any atom is 0.286 e. The Labute approximate surface area is 114 Å². The van der Waals surface area contributed by atoms with Crippen molar-refractivity contribution in [2.24, 2.45) is 0 Å². The molecule has 2 N–H and O–H groups in total. The summed E-state index contributed by atoms with van der Waals surface area (Å²) in [4.78, 5) is 11.8. The van der Waals surface area contributed by atoms with E-state index in [9.17, 15) is 4.79 Å². The molecule has 0 fully saturated rings. The van der Waals surface area contributed by atoms with E-state index in [1.807, 2.05) is 0 Å². The van der Waals surface area contributed by atoms with Gasteiger partial charge in [0.15, 0.2) is 12.3 Å². The summed E-state index contributed by atoms with van der Waals surface area (Å²) in [7, 11) is 0. The minimum absolute atomic E-state index is 0. The van der Waals surface area contributed by atoms with E-state index in [2.05, 4.69) is 5.10 Å². The minimum atomic E-state index is -0.0413. The lowest BCUT2D eigenvalue weighted by Crippen LogP contribution is -3.00. The van der Waals surface area contributed by atoms with E-state index in [-0.39, 0.29) is 29.3 Å². The summed E-state index contributed by atoms with van der Waals surface area (Å²) in [6, 6.07) is 6.73. The largest absolute Gasteiger partial charge is 1.00 e. The van der Waals surface area contributed by atoms with Crippen molar-refractivity contribution >= 4 is 17.4 Å². The van der Waals surface area contributed by atoms with E-state index >= 15 is 0 Å². The molecule has 0 spiro atoms. The van der Waals surface area contributed by atoms with Crippen molar-refractivity contribution < 1.29 is 26.5 Å². The van der Waals surface area contributed by atoms with Crippen LogP contribution in [0.25, 0.3) is 0 Å². The molecule has 17 heavy (non-hydrogen) atoms. The average Bonchev–Trinajstić information content (AvgIpc) is 2.65. The molecule has 0 aliphatic heterocycles. The van der Waals surface area contributed by atoms with Crippen LogP contribution in [0.1, 0.15) is 10.4 Å². The van der Waals surface area contributed by atoms with Crippen molar-refractivity contribution in [2.45, 2.75) is 6.54 Å². The highest BCUT2D eigenvalue weighted by Crippen LogP contribution is 2.10. The Hall–Kier alpha value is -1.40. The van der Waals surface area contributed by atoms with E-state index in [1.54, 1.807) is 24.3 Å². The van der Waals surface area contributed by atoms with Crippen LogP contribution >= 0.6 is 11.6 Å². The Bertz CT molecular complexity index is 511. The third kappa shape index (κ3) is 3.54. The molecule has 7 heteroatoms. The highest BCUT2D eigenvalue weighted by Gasteiger charge is 2.11. The van der Waals surface area contributed by atoms with E-state index in [4.69, 9.17) is 17.4 Å². The number of ketones is 1. The van der Waals surface area contributed by atoms with Gasteiger partial charge in [-0.15, -0.1) is 9.36 Å². The number of nitrogens with zero attached hydrogens (tertiary/aromatic N) is 3. The number of Topliss-reactive ketones (excluding diaryl/α,β-unsaturated/α-hetero) is 1. The first-order valence-electron chi connectivity index (χ1n) is 4.63. The van der Waals surface area contributed by atoms with E-state index in [0.717, 1.165) is 0 Å². The van der Waals surface area contributed by atoms with Crippen LogP contribution in [0.3, 0.4) is 0 Å². The van der Waals surface area contributed by atoms with Crippen molar-refractivity contribution in [3.05, 3.63) is 47.5 Å². The second kappa shape index (κ2) is 5.79. The van der Waals surface area contributed by atoms with E-state index < -0.39 is 0 Å². The van der Waals surface area contributed by atoms with Gasteiger partial charge in [-0.3, -0.25) is 10.6 Å². The number of rotatable bonds is 3. The predicted octanol–water partition coefficient (Wildman–Crippen LogP) is -2.58. The van der Waals surface area contributed by atoms with Gasteiger partial charge in [0.1, 0.15) is 0 Å². The monoisotopic (exact) mass is 316 g/mol. The van der Waals surface area contributed by atoms with Gasteiger partial charge in [-0.05, 0) is 24.3 Å². The number of halogens is 2. The van der Waals surface area contributed by atoms with Crippen LogP contribution in [0.2, 0.25) is 5.02 Å². The van der Waals surface area contributed by atoms with Crippen LogP contribution in [-0.4, -0.2) is 15.6 Å². The molecular formula is C10H10BrClN4O. The van der Waals surface area contributed by atoms with Crippen LogP contribution in [-0.2, 0) is 6.54 Å². The Morgan fingerprint density at radius 2 is 2.06 bits per heavy atom. The lowest BCUT2D eigenvalue weighted by molar-refractivity contribution is -0.639. The fourth-order valence-electron chi connectivity index (χ4n) is 1.30. The Morgan fingerprint density at radius 1 is 1.41 bits per heavy atom. The molecule has 0 radical (unpaired) electrons. The van der Waals surface area contributed by atoms with Gasteiger partial charge in [-0.1, -0.05) is 11.6 Å². The molecular weight excluding hydrogens is 307 g/mol. The second-order valence-electron chi connectivity index (χ2n) is 3.32. The Kier molecular flexibility index (Phi) is 4.65. The fraction of sp³-hybridized carbons (Fsp3) is 0.100. The van der Waals surface area contributed by atoms with E-state index in [1.165, 1.54) is 22.0 Å². The highest BCUT2D eigenvalue weighted by atomic mass is 79.9. The maximum atomic E-state index is 11.8. The molecule has 90 valence electrons. The van der Waals surface area contributed by atoms with Crippen LogP contribution in [0, 0.1) is 0 Å². The van der Waals surface area contributed by atoms with Gasteiger partial charge in [0, 0.05) is 15.7 Å². The maximum absolute atomic E-state index is 11.8. The lowest BCUT2D eigenvalue weighted by Gasteiger charge is -1.97. The van der Waals surface area contributed by atoms with Crippen molar-refractivity contribution in [1.29, 1.82) is 0 Å². The number of aromatic nitrogens is 3. The summed E-state index contributed by atoms with van der Waals surface area (Å²) in [5.41, 5.74) is 0.600. The average molecular weight is 318 g/mol. The van der Waals surface area contributed by atoms with Crippen molar-refractivity contribution in [1.82, 2.24) is 9.78 Å². The predicted molar refractivity (Wildman–Crippen MR) is 58.4 cm³/mol. The first kappa shape index (κ1) is 13.7. The summed E-state index contributed by atoms with van der Waals surface area (Å²) >= 11 is 5.73. The summed E-state index contributed by atoms with van der Waals surface area (Å²) in [6.45, 7) is 0.159. The number of benzene rings is 1. The quantitative estimate of drug-likeness (QED) is 0.384. The molecule has 0 aliphatic rings. The van der Waals surface area contributed by atoms with Gasteiger partial charge < -0.3 is 17.0 Å². The zero-order chi connectivity index (χ0) is 11.5. The normalized spacial score (nSPS) is 9.71. The number of carbonyl (C=O) groups is 1. The van der Waals surface area contributed by atoms with Gasteiger partial charge in [-0.25, -0.2) is 0 Å². The van der Waals surface area contributed by atoms with Gasteiger partial charge in [0.25, 0.3) is 6.33 Å². The first-order chi connectivity index (χ1) is 7.65. The van der Waals surface area contributed by atoms with Gasteiger partial charge in [-0.2, -0.15) is 0 Å². The fourth-order valence-corrected chi connectivity index (χ4v) is 1.42. The van der Waals surface area contributed by atoms with Gasteiger partial charge in [0.2, 0.25) is 6.33 Å². The van der Waals surface area contributed by atoms with Crippen molar-refractivity contribution in [3.63, 3.8) is 0 Å². The molecule has 0 saturated heterocycles. The molecule has 1 aromatic carbocycles. The number of carbonyl (C=O) groups excluding carboxylic acids is 1. The SMILES string of the molecule is N[n+]1cnn(CC(=O)c2ccc(Cl)cc2)c1.[Br-]. The van der Waals surface area contributed by atoms with E-state index in [0.29, 0.717) is 10.6 Å². The molecule has 1 aromatic heterocycles. The van der Waals surface area contributed by atoms with Crippen molar-refractivity contribution in [2.75, 3.05) is 5.84 Å². The number of nitrogens with two attached hydrogens (primary N) is 1. The van der Waals surface area contributed by atoms with Gasteiger partial charge in [0.05, 0.1) is 0 Å². The zero-order valence-corrected chi connectivity index (χ0v) is 11.1. The summed E-state index contributed by atoms with van der Waals surface area (Å²) < 4.78 is 2.76. The summed E-state index contributed by atoms with van der Waals surface area (Å²) in [5, 5.41) is 4.51. The molecule has 2 aromatic rings. The topological polar surface area (TPSA) is 64.8 Å². The van der Waals surface area contributed by atoms with Crippen LogP contribution in [0.5, 0.6) is 0 Å². The third-order valence-electron chi connectivity index (χ3n) is 2.07. The summed E-state index contributed by atoms with van der Waals surface area (Å²) in [5.74, 6) is 5.38. The molecule has 1 heterocycles. The molecule has 5 nitrogen and oxygen atoms in total. The van der Waals surface area contributed by atoms with Crippen LogP contribution in [0.15, 0.2) is 36.9 Å². The van der Waals surface area contributed by atoms with Gasteiger partial charge >= 0.3 is 0 Å². The number of hydrogen-bond acceptors (Lipinski definition) is 3. The summed E-state index contributed by atoms with van der Waals surface area (Å²) in [6.07, 6.45) is 2.96. The highest BCUT2D eigenvalue weighted by molar-refractivity contribution is 6.30. The van der Waals surface area contributed by atoms with Crippen LogP contribution < -0.4 is 27.5 Å². The smallest absolute Gasteiger partial charge is 0.286 e. The van der Waals surface area contributed by atoms with Crippen LogP contribution in [0.4, 0.5) is 0 Å². The van der Waals surface area contributed by atoms with Crippen molar-refractivity contribution in [3.8, 4) is 0 Å². The standard InChI is InChI=1S/C10H10ClN4O.BrH/c11-9-3-1-8(2-4-9)10(16)5-15-7-14(12)6-13-15;/h1-4,6-7H,5,12H2;1H/q+1;/p-1. The number of hydrogen-bond donors (Lipinski definition) is 1. The second-order valence-corrected chi connectivity index (χ2v) is 3.76. The minimum Gasteiger partial charge on any atom is -1.00 e. The molecule has 2 rings (SSSR count). The molecule has 0 aliphatic carbocycles. The molecule has 0 atom stereocenters. The molecule has 0 bridgehead atoms. The Morgan fingerprint density at radius 3 is 2.59 bits per heavy atom. The molecule has 0 amide bonds. The lowest BCUT2D eigenvalue weighted by atomic mass is 10.1. The molecule has 0 saturated carbocycles. The Balaban J connectivity index is 0.00000144.